The highest BCUT2D eigenvalue weighted by Crippen LogP contribution is 2.42. The summed E-state index contributed by atoms with van der Waals surface area (Å²) < 4.78 is 1.12. The molecule has 0 fully saturated rings. The molecule has 1 nitrogen and oxygen atoms in total. The SMILES string of the molecule is ClC1=C(I)c2cccc(-c3ccccc3)c2CN1Cc1ccccc1. The third-order valence-corrected chi connectivity index (χ3v) is 6.36. The second kappa shape index (κ2) is 7.22. The van der Waals surface area contributed by atoms with Gasteiger partial charge in [0.15, 0.2) is 0 Å². The first-order chi connectivity index (χ1) is 12.2. The Kier molecular flexibility index (Phi) is 4.82. The predicted molar refractivity (Wildman–Crippen MR) is 114 cm³/mol. The van der Waals surface area contributed by atoms with Gasteiger partial charge in [-0.2, -0.15) is 0 Å². The Morgan fingerprint density at radius 3 is 2.16 bits per heavy atom. The molecule has 25 heavy (non-hydrogen) atoms. The molecule has 3 aromatic carbocycles. The normalized spacial score (nSPS) is 13.8. The molecule has 0 spiro atoms. The van der Waals surface area contributed by atoms with E-state index >= 15 is 0 Å². The van der Waals surface area contributed by atoms with E-state index in [0.717, 1.165) is 21.8 Å². The molecule has 1 heterocycles. The third-order valence-electron chi connectivity index (χ3n) is 4.52. The van der Waals surface area contributed by atoms with Gasteiger partial charge in [-0.15, -0.1) is 0 Å². The van der Waals surface area contributed by atoms with E-state index in [2.05, 4.69) is 100 Å². The van der Waals surface area contributed by atoms with E-state index in [1.807, 2.05) is 6.07 Å². The molecule has 3 heteroatoms. The van der Waals surface area contributed by atoms with Gasteiger partial charge in [0, 0.05) is 13.1 Å². The first-order valence-corrected chi connectivity index (χ1v) is 9.71. The molecule has 0 unspecified atom stereocenters. The van der Waals surface area contributed by atoms with Gasteiger partial charge in [-0.3, -0.25) is 0 Å². The van der Waals surface area contributed by atoms with E-state index in [4.69, 9.17) is 11.6 Å². The number of halogens is 2. The van der Waals surface area contributed by atoms with E-state index in [9.17, 15) is 0 Å². The van der Waals surface area contributed by atoms with E-state index in [-0.39, 0.29) is 0 Å². The van der Waals surface area contributed by atoms with Crippen LogP contribution in [0.2, 0.25) is 0 Å². The van der Waals surface area contributed by atoms with Crippen LogP contribution in [0.3, 0.4) is 0 Å². The lowest BCUT2D eigenvalue weighted by atomic mass is 9.93. The lowest BCUT2D eigenvalue weighted by molar-refractivity contribution is 0.348. The van der Waals surface area contributed by atoms with Crippen LogP contribution in [0.15, 0.2) is 84.0 Å². The molecule has 0 aromatic heterocycles. The van der Waals surface area contributed by atoms with Crippen molar-refractivity contribution >= 4 is 37.8 Å². The molecule has 0 saturated heterocycles. The number of nitrogens with zero attached hydrogens (tertiary/aromatic N) is 1. The zero-order valence-corrected chi connectivity index (χ0v) is 16.5. The minimum Gasteiger partial charge on any atom is -0.353 e. The lowest BCUT2D eigenvalue weighted by Crippen LogP contribution is -2.24. The van der Waals surface area contributed by atoms with Crippen LogP contribution < -0.4 is 0 Å². The average Bonchev–Trinajstić information content (AvgIpc) is 2.67. The van der Waals surface area contributed by atoms with Gasteiger partial charge in [0.1, 0.15) is 5.16 Å². The Morgan fingerprint density at radius 2 is 1.44 bits per heavy atom. The molecular formula is C22H17ClIN. The quantitative estimate of drug-likeness (QED) is 0.314. The van der Waals surface area contributed by atoms with E-state index in [1.165, 1.54) is 27.8 Å². The van der Waals surface area contributed by atoms with Crippen molar-refractivity contribution in [2.45, 2.75) is 13.1 Å². The van der Waals surface area contributed by atoms with Gasteiger partial charge >= 0.3 is 0 Å². The van der Waals surface area contributed by atoms with Crippen molar-refractivity contribution in [2.75, 3.05) is 0 Å². The van der Waals surface area contributed by atoms with Gasteiger partial charge in [-0.25, -0.2) is 0 Å². The summed E-state index contributed by atoms with van der Waals surface area (Å²) in [4.78, 5) is 2.26. The monoisotopic (exact) mass is 457 g/mol. The summed E-state index contributed by atoms with van der Waals surface area (Å²) in [6.07, 6.45) is 0. The number of benzene rings is 3. The Labute approximate surface area is 167 Å². The van der Waals surface area contributed by atoms with Crippen LogP contribution in [0.1, 0.15) is 16.7 Å². The zero-order chi connectivity index (χ0) is 17.2. The van der Waals surface area contributed by atoms with Crippen molar-refractivity contribution in [3.05, 3.63) is 101 Å². The maximum absolute atomic E-state index is 6.71. The molecule has 0 atom stereocenters. The molecule has 1 aliphatic heterocycles. The molecule has 0 N–H and O–H groups in total. The fourth-order valence-corrected chi connectivity index (χ4v) is 4.36. The fraction of sp³-hybridized carbons (Fsp3) is 0.0909. The highest BCUT2D eigenvalue weighted by molar-refractivity contribution is 14.1. The summed E-state index contributed by atoms with van der Waals surface area (Å²) >= 11 is 9.08. The minimum absolute atomic E-state index is 0.814. The van der Waals surface area contributed by atoms with Crippen LogP contribution in [0.4, 0.5) is 0 Å². The van der Waals surface area contributed by atoms with Crippen LogP contribution in [-0.2, 0) is 13.1 Å². The van der Waals surface area contributed by atoms with Crippen molar-refractivity contribution in [3.63, 3.8) is 0 Å². The molecule has 0 aliphatic carbocycles. The van der Waals surface area contributed by atoms with Gasteiger partial charge in [-0.05, 0) is 50.4 Å². The Morgan fingerprint density at radius 1 is 0.800 bits per heavy atom. The highest BCUT2D eigenvalue weighted by atomic mass is 127. The summed E-state index contributed by atoms with van der Waals surface area (Å²) in [6.45, 7) is 1.63. The van der Waals surface area contributed by atoms with Gasteiger partial charge in [0.05, 0.1) is 3.58 Å². The molecule has 3 aromatic rings. The summed E-state index contributed by atoms with van der Waals surface area (Å²) in [5, 5.41) is 0.835. The van der Waals surface area contributed by atoms with E-state index in [0.29, 0.717) is 0 Å². The molecular weight excluding hydrogens is 441 g/mol. The molecule has 0 bridgehead atoms. The summed E-state index contributed by atoms with van der Waals surface area (Å²) in [5.41, 5.74) is 6.40. The summed E-state index contributed by atoms with van der Waals surface area (Å²) in [5.74, 6) is 0. The van der Waals surface area contributed by atoms with Gasteiger partial charge < -0.3 is 4.90 Å². The summed E-state index contributed by atoms with van der Waals surface area (Å²) in [7, 11) is 0. The maximum atomic E-state index is 6.71. The lowest BCUT2D eigenvalue weighted by Gasteiger charge is -2.32. The number of rotatable bonds is 3. The van der Waals surface area contributed by atoms with Crippen LogP contribution in [0.25, 0.3) is 14.7 Å². The number of hydrogen-bond donors (Lipinski definition) is 0. The van der Waals surface area contributed by atoms with Gasteiger partial charge in [0.2, 0.25) is 0 Å². The van der Waals surface area contributed by atoms with Crippen molar-refractivity contribution < 1.29 is 0 Å². The van der Waals surface area contributed by atoms with Crippen molar-refractivity contribution in [2.24, 2.45) is 0 Å². The van der Waals surface area contributed by atoms with Crippen molar-refractivity contribution in [1.29, 1.82) is 0 Å². The third kappa shape index (κ3) is 3.33. The first-order valence-electron chi connectivity index (χ1n) is 8.26. The zero-order valence-electron chi connectivity index (χ0n) is 13.6. The fourth-order valence-electron chi connectivity index (χ4n) is 3.29. The van der Waals surface area contributed by atoms with Crippen LogP contribution in [0.5, 0.6) is 0 Å². The molecule has 0 radical (unpaired) electrons. The molecule has 124 valence electrons. The first kappa shape index (κ1) is 16.7. The van der Waals surface area contributed by atoms with Crippen molar-refractivity contribution in [1.82, 2.24) is 4.90 Å². The average molecular weight is 458 g/mol. The molecule has 1 aliphatic rings. The van der Waals surface area contributed by atoms with E-state index < -0.39 is 0 Å². The van der Waals surface area contributed by atoms with Crippen LogP contribution >= 0.6 is 34.2 Å². The standard InChI is InChI=1S/C22H17ClIN/c23-22-21(24)19-13-7-12-18(17-10-5-2-6-11-17)20(19)15-25(22)14-16-8-3-1-4-9-16/h1-13H,14-15H2. The number of hydrogen-bond acceptors (Lipinski definition) is 1. The Bertz CT molecular complexity index is 919. The smallest absolute Gasteiger partial charge is 0.119 e. The minimum atomic E-state index is 0.814. The second-order valence-electron chi connectivity index (χ2n) is 6.14. The van der Waals surface area contributed by atoms with Crippen LogP contribution in [0, 0.1) is 0 Å². The van der Waals surface area contributed by atoms with E-state index in [1.54, 1.807) is 0 Å². The number of fused-ring (bicyclic) bond motifs is 1. The maximum Gasteiger partial charge on any atom is 0.119 e. The predicted octanol–water partition coefficient (Wildman–Crippen LogP) is 6.67. The van der Waals surface area contributed by atoms with Crippen LogP contribution in [-0.4, -0.2) is 4.90 Å². The molecule has 0 saturated carbocycles. The van der Waals surface area contributed by atoms with Gasteiger partial charge in [0.25, 0.3) is 0 Å². The summed E-state index contributed by atoms with van der Waals surface area (Å²) in [6, 6.07) is 27.6. The Balaban J connectivity index is 1.77. The highest BCUT2D eigenvalue weighted by Gasteiger charge is 2.24. The Hall–Kier alpha value is -1.78. The largest absolute Gasteiger partial charge is 0.353 e. The molecule has 0 amide bonds. The second-order valence-corrected chi connectivity index (χ2v) is 7.58. The van der Waals surface area contributed by atoms with Crippen molar-refractivity contribution in [3.8, 4) is 11.1 Å². The topological polar surface area (TPSA) is 3.24 Å². The molecule has 4 rings (SSSR count). The van der Waals surface area contributed by atoms with Gasteiger partial charge in [-0.1, -0.05) is 90.5 Å².